The van der Waals surface area contributed by atoms with Crippen LogP contribution in [0.3, 0.4) is 0 Å². The van der Waals surface area contributed by atoms with Gasteiger partial charge in [0.05, 0.1) is 5.69 Å². The molecule has 0 spiro atoms. The standard InChI is InChI=1S/C9H6N2O3S.C2H5NO/c12-9-8(15(13)14)5-6-3-1-2-4-7(6)10-11-9;1-2(3)4/h1-4H,5H2;1H3,(H2,3,4). The summed E-state index contributed by atoms with van der Waals surface area (Å²) in [6, 6.07) is 6.92. The Morgan fingerprint density at radius 2 is 1.84 bits per heavy atom. The number of nitrogens with zero attached hydrogens (tertiary/aromatic N) is 2. The highest BCUT2D eigenvalue weighted by Crippen LogP contribution is 2.22. The smallest absolute Gasteiger partial charge is 0.307 e. The summed E-state index contributed by atoms with van der Waals surface area (Å²) in [5, 5.41) is 7.01. The molecular formula is C11H11N3O4S. The minimum absolute atomic E-state index is 0.0537. The van der Waals surface area contributed by atoms with E-state index in [1.807, 2.05) is 0 Å². The van der Waals surface area contributed by atoms with E-state index in [1.54, 1.807) is 24.3 Å². The predicted octanol–water partition coefficient (Wildman–Crippen LogP) is 0.396. The third kappa shape index (κ3) is 4.43. The minimum Gasteiger partial charge on any atom is -0.370 e. The van der Waals surface area contributed by atoms with Gasteiger partial charge in [-0.05, 0) is 11.6 Å². The zero-order valence-corrected chi connectivity index (χ0v) is 10.8. The third-order valence-electron chi connectivity index (χ3n) is 2.03. The molecule has 1 aliphatic rings. The van der Waals surface area contributed by atoms with Gasteiger partial charge in [0.1, 0.15) is 4.86 Å². The van der Waals surface area contributed by atoms with Crippen LogP contribution in [0.5, 0.6) is 0 Å². The highest BCUT2D eigenvalue weighted by molar-refractivity contribution is 7.74. The molecule has 0 bridgehead atoms. The van der Waals surface area contributed by atoms with Crippen molar-refractivity contribution in [3.8, 4) is 0 Å². The molecule has 0 saturated carbocycles. The summed E-state index contributed by atoms with van der Waals surface area (Å²) in [5.41, 5.74) is 5.69. The van der Waals surface area contributed by atoms with Crippen LogP contribution in [0.1, 0.15) is 12.5 Å². The number of hydrogen-bond acceptors (Lipinski definition) is 5. The Bertz CT molecular complexity index is 665. The van der Waals surface area contributed by atoms with Gasteiger partial charge in [-0.15, -0.1) is 10.2 Å². The quantitative estimate of drug-likeness (QED) is 0.692. The van der Waals surface area contributed by atoms with E-state index >= 15 is 0 Å². The Morgan fingerprint density at radius 3 is 2.42 bits per heavy atom. The summed E-state index contributed by atoms with van der Waals surface area (Å²) in [7, 11) is -2.54. The van der Waals surface area contributed by atoms with Crippen molar-refractivity contribution < 1.29 is 18.0 Å². The van der Waals surface area contributed by atoms with Gasteiger partial charge >= 0.3 is 5.91 Å². The van der Waals surface area contributed by atoms with Crippen LogP contribution in [0.2, 0.25) is 0 Å². The van der Waals surface area contributed by atoms with E-state index in [0.717, 1.165) is 0 Å². The normalized spacial score (nSPS) is 12.9. The number of carbonyl (C=O) groups is 2. The molecular weight excluding hydrogens is 270 g/mol. The molecule has 2 N–H and O–H groups in total. The van der Waals surface area contributed by atoms with E-state index in [9.17, 15) is 18.0 Å². The number of primary amides is 1. The third-order valence-corrected chi connectivity index (χ3v) is 2.75. The van der Waals surface area contributed by atoms with Gasteiger partial charge in [0.15, 0.2) is 0 Å². The van der Waals surface area contributed by atoms with Crippen LogP contribution in [0.15, 0.2) is 34.5 Å². The van der Waals surface area contributed by atoms with Gasteiger partial charge in [0, 0.05) is 13.3 Å². The van der Waals surface area contributed by atoms with Gasteiger partial charge in [-0.25, -0.2) is 0 Å². The average molecular weight is 281 g/mol. The zero-order valence-electron chi connectivity index (χ0n) is 10.0. The molecule has 100 valence electrons. The van der Waals surface area contributed by atoms with Crippen molar-refractivity contribution in [2.45, 2.75) is 13.3 Å². The number of hydrogen-bond donors (Lipinski definition) is 1. The molecule has 0 aromatic heterocycles. The Labute approximate surface area is 110 Å². The van der Waals surface area contributed by atoms with Gasteiger partial charge in [0.25, 0.3) is 0 Å². The van der Waals surface area contributed by atoms with E-state index in [-0.39, 0.29) is 17.2 Å². The molecule has 0 fully saturated rings. The fourth-order valence-corrected chi connectivity index (χ4v) is 1.75. The summed E-state index contributed by atoms with van der Waals surface area (Å²) >= 11 is 0. The van der Waals surface area contributed by atoms with Crippen molar-refractivity contribution in [3.63, 3.8) is 0 Å². The van der Waals surface area contributed by atoms with Crippen molar-refractivity contribution >= 4 is 32.7 Å². The van der Waals surface area contributed by atoms with Gasteiger partial charge in [-0.2, -0.15) is 8.42 Å². The fraction of sp³-hybridized carbons (Fsp3) is 0.182. The lowest BCUT2D eigenvalue weighted by atomic mass is 10.1. The zero-order chi connectivity index (χ0) is 14.4. The molecule has 2 amide bonds. The topological polar surface area (TPSA) is 119 Å². The van der Waals surface area contributed by atoms with E-state index < -0.39 is 16.2 Å². The molecule has 1 aromatic carbocycles. The van der Waals surface area contributed by atoms with Crippen molar-refractivity contribution in [2.75, 3.05) is 0 Å². The Hall–Kier alpha value is -2.35. The first-order valence-electron chi connectivity index (χ1n) is 5.17. The van der Waals surface area contributed by atoms with Crippen LogP contribution in [0.25, 0.3) is 0 Å². The second-order valence-corrected chi connectivity index (χ2v) is 4.54. The number of fused-ring (bicyclic) bond motifs is 1. The van der Waals surface area contributed by atoms with Gasteiger partial charge < -0.3 is 5.73 Å². The number of carbonyl (C=O) groups excluding carboxylic acids is 2. The highest BCUT2D eigenvalue weighted by atomic mass is 32.2. The number of amides is 2. The predicted molar refractivity (Wildman–Crippen MR) is 68.5 cm³/mol. The largest absolute Gasteiger partial charge is 0.370 e. The molecule has 0 aliphatic carbocycles. The maximum atomic E-state index is 11.2. The van der Waals surface area contributed by atoms with E-state index in [4.69, 9.17) is 0 Å². The summed E-state index contributed by atoms with van der Waals surface area (Å²) in [6.07, 6.45) is 0.0537. The van der Waals surface area contributed by atoms with Crippen LogP contribution < -0.4 is 5.73 Å². The van der Waals surface area contributed by atoms with Crippen LogP contribution in [-0.2, 0) is 26.3 Å². The van der Waals surface area contributed by atoms with E-state index in [0.29, 0.717) is 11.3 Å². The first kappa shape index (κ1) is 14.7. The number of nitrogens with two attached hydrogens (primary N) is 1. The second kappa shape index (κ2) is 6.55. The molecule has 1 aliphatic heterocycles. The summed E-state index contributed by atoms with van der Waals surface area (Å²) in [4.78, 5) is 20.2. The maximum Gasteiger partial charge on any atom is 0.307 e. The van der Waals surface area contributed by atoms with Crippen LogP contribution in [0.4, 0.5) is 5.69 Å². The molecule has 2 rings (SSSR count). The van der Waals surface area contributed by atoms with E-state index in [1.165, 1.54) is 6.92 Å². The molecule has 0 radical (unpaired) electrons. The molecule has 19 heavy (non-hydrogen) atoms. The van der Waals surface area contributed by atoms with Gasteiger partial charge in [-0.1, -0.05) is 18.2 Å². The van der Waals surface area contributed by atoms with Crippen LogP contribution in [-0.4, -0.2) is 25.1 Å². The molecule has 7 nitrogen and oxygen atoms in total. The first-order chi connectivity index (χ1) is 8.91. The lowest BCUT2D eigenvalue weighted by Crippen LogP contribution is -2.13. The summed E-state index contributed by atoms with van der Waals surface area (Å²) in [6.45, 7) is 1.31. The van der Waals surface area contributed by atoms with Crippen molar-refractivity contribution in [2.24, 2.45) is 16.0 Å². The van der Waals surface area contributed by atoms with Gasteiger partial charge in [-0.3, -0.25) is 9.59 Å². The summed E-state index contributed by atoms with van der Waals surface area (Å²) in [5.74, 6) is -1.13. The van der Waals surface area contributed by atoms with Crippen molar-refractivity contribution in [3.05, 3.63) is 29.8 Å². The number of benzene rings is 1. The molecule has 1 aromatic rings. The fourth-order valence-electron chi connectivity index (χ4n) is 1.29. The highest BCUT2D eigenvalue weighted by Gasteiger charge is 2.18. The van der Waals surface area contributed by atoms with Crippen LogP contribution >= 0.6 is 0 Å². The average Bonchev–Trinajstić information content (AvgIpc) is 2.49. The lowest BCUT2D eigenvalue weighted by molar-refractivity contribution is -0.116. The number of rotatable bonds is 0. The molecule has 8 heteroatoms. The number of azo groups is 1. The van der Waals surface area contributed by atoms with E-state index in [2.05, 4.69) is 16.0 Å². The lowest BCUT2D eigenvalue weighted by Gasteiger charge is -1.98. The molecule has 0 saturated heterocycles. The Balaban J connectivity index is 0.000000399. The van der Waals surface area contributed by atoms with Gasteiger partial charge in [0.2, 0.25) is 16.2 Å². The monoisotopic (exact) mass is 281 g/mol. The SMILES string of the molecule is CC(N)=O.O=C1N=Nc2ccccc2CC1=S(=O)=O. The first-order valence-corrected chi connectivity index (χ1v) is 6.24. The van der Waals surface area contributed by atoms with Crippen molar-refractivity contribution in [1.82, 2.24) is 0 Å². The second-order valence-electron chi connectivity index (χ2n) is 3.58. The molecule has 0 unspecified atom stereocenters. The Morgan fingerprint density at radius 1 is 1.26 bits per heavy atom. The van der Waals surface area contributed by atoms with Crippen LogP contribution in [0, 0.1) is 0 Å². The molecule has 0 atom stereocenters. The molecule has 1 heterocycles. The summed E-state index contributed by atoms with van der Waals surface area (Å²) < 4.78 is 21.5. The Kier molecular flexibility index (Phi) is 5.07. The van der Waals surface area contributed by atoms with Crippen molar-refractivity contribution in [1.29, 1.82) is 0 Å². The minimum atomic E-state index is -2.54. The maximum absolute atomic E-state index is 11.2.